The molecule has 0 spiro atoms. The zero-order valence-corrected chi connectivity index (χ0v) is 10.7. The summed E-state index contributed by atoms with van der Waals surface area (Å²) in [6.45, 7) is 0.483. The molecule has 0 aliphatic heterocycles. The summed E-state index contributed by atoms with van der Waals surface area (Å²) >= 11 is 0. The minimum Gasteiger partial charge on any atom is -0.480 e. The number of pyridine rings is 1. The Balaban J connectivity index is 2.48. The van der Waals surface area contributed by atoms with E-state index in [1.807, 2.05) is 0 Å². The van der Waals surface area contributed by atoms with E-state index < -0.39 is 12.0 Å². The first kappa shape index (κ1) is 14.9. The smallest absolute Gasteiger partial charge is 0.323 e. The maximum atomic E-state index is 11.8. The molecule has 1 rings (SSSR count). The van der Waals surface area contributed by atoms with Crippen molar-refractivity contribution in [3.05, 3.63) is 30.1 Å². The zero-order chi connectivity index (χ0) is 14.1. The van der Waals surface area contributed by atoms with Gasteiger partial charge in [-0.2, -0.15) is 0 Å². The number of aliphatic carboxylic acids is 1. The van der Waals surface area contributed by atoms with Crippen molar-refractivity contribution < 1.29 is 19.4 Å². The third-order valence-electron chi connectivity index (χ3n) is 2.37. The maximum Gasteiger partial charge on any atom is 0.323 e. The molecular weight excluding hydrogens is 250 g/mol. The fourth-order valence-corrected chi connectivity index (χ4v) is 1.41. The summed E-state index contributed by atoms with van der Waals surface area (Å²) in [5, 5.41) is 11.4. The highest BCUT2D eigenvalue weighted by molar-refractivity contribution is 5.80. The molecular formula is C12H17N3O4. The second-order valence-electron chi connectivity index (χ2n) is 3.82. The van der Waals surface area contributed by atoms with Crippen LogP contribution in [-0.2, 0) is 16.1 Å². The van der Waals surface area contributed by atoms with Gasteiger partial charge in [0.2, 0.25) is 0 Å². The zero-order valence-electron chi connectivity index (χ0n) is 10.7. The van der Waals surface area contributed by atoms with Crippen LogP contribution in [0.1, 0.15) is 5.56 Å². The molecule has 0 unspecified atom stereocenters. The Labute approximate surface area is 111 Å². The van der Waals surface area contributed by atoms with Crippen molar-refractivity contribution in [2.24, 2.45) is 0 Å². The van der Waals surface area contributed by atoms with E-state index in [1.54, 1.807) is 24.5 Å². The average Bonchev–Trinajstić information content (AvgIpc) is 2.41. The lowest BCUT2D eigenvalue weighted by Crippen LogP contribution is -2.44. The number of methoxy groups -OCH3 is 1. The molecule has 0 fully saturated rings. The molecule has 0 aliphatic rings. The number of aromatic nitrogens is 1. The van der Waals surface area contributed by atoms with Crippen molar-refractivity contribution in [1.29, 1.82) is 0 Å². The molecule has 7 heteroatoms. The molecule has 7 nitrogen and oxygen atoms in total. The monoisotopic (exact) mass is 267 g/mol. The Morgan fingerprint density at radius 1 is 1.42 bits per heavy atom. The van der Waals surface area contributed by atoms with E-state index in [9.17, 15) is 9.59 Å². The quantitative estimate of drug-likeness (QED) is 0.742. The van der Waals surface area contributed by atoms with Gasteiger partial charge in [-0.1, -0.05) is 0 Å². The molecule has 2 amide bonds. The predicted octanol–water partition coefficient (Wildman–Crippen LogP) is 0.324. The number of carboxylic acid groups (broad SMARTS) is 1. The molecule has 2 N–H and O–H groups in total. The first-order chi connectivity index (χ1) is 9.13. The van der Waals surface area contributed by atoms with Crippen LogP contribution in [0.4, 0.5) is 4.79 Å². The van der Waals surface area contributed by atoms with Crippen molar-refractivity contribution >= 4 is 12.0 Å². The van der Waals surface area contributed by atoms with Gasteiger partial charge in [-0.3, -0.25) is 9.78 Å². The second-order valence-corrected chi connectivity index (χ2v) is 3.82. The van der Waals surface area contributed by atoms with Crippen LogP contribution in [0.2, 0.25) is 0 Å². The SMILES string of the molecule is COCCN(CC(=O)O)C(=O)NCc1ccncc1. The van der Waals surface area contributed by atoms with Crippen LogP contribution in [0.5, 0.6) is 0 Å². The normalized spacial score (nSPS) is 9.95. The van der Waals surface area contributed by atoms with Gasteiger partial charge in [-0.15, -0.1) is 0 Å². The van der Waals surface area contributed by atoms with Gasteiger partial charge in [-0.25, -0.2) is 4.79 Å². The molecule has 0 saturated carbocycles. The molecule has 1 heterocycles. The number of nitrogens with one attached hydrogen (secondary N) is 1. The van der Waals surface area contributed by atoms with E-state index in [0.29, 0.717) is 6.54 Å². The summed E-state index contributed by atoms with van der Waals surface area (Å²) in [5.74, 6) is -1.06. The lowest BCUT2D eigenvalue weighted by atomic mass is 10.3. The summed E-state index contributed by atoms with van der Waals surface area (Å²) in [4.78, 5) is 27.6. The predicted molar refractivity (Wildman–Crippen MR) is 67.6 cm³/mol. The Hall–Kier alpha value is -2.15. The van der Waals surface area contributed by atoms with Crippen LogP contribution in [0.15, 0.2) is 24.5 Å². The van der Waals surface area contributed by atoms with Crippen LogP contribution in [0, 0.1) is 0 Å². The van der Waals surface area contributed by atoms with Gasteiger partial charge in [0, 0.05) is 32.6 Å². The van der Waals surface area contributed by atoms with Gasteiger partial charge >= 0.3 is 12.0 Å². The van der Waals surface area contributed by atoms with Crippen LogP contribution in [0.25, 0.3) is 0 Å². The van der Waals surface area contributed by atoms with Gasteiger partial charge < -0.3 is 20.1 Å². The molecule has 104 valence electrons. The Morgan fingerprint density at radius 2 is 2.11 bits per heavy atom. The van der Waals surface area contributed by atoms with Gasteiger partial charge in [0.25, 0.3) is 0 Å². The van der Waals surface area contributed by atoms with Crippen LogP contribution in [-0.4, -0.2) is 53.8 Å². The van der Waals surface area contributed by atoms with Crippen LogP contribution >= 0.6 is 0 Å². The third kappa shape index (κ3) is 5.82. The third-order valence-corrected chi connectivity index (χ3v) is 2.37. The van der Waals surface area contributed by atoms with E-state index in [0.717, 1.165) is 5.56 Å². The highest BCUT2D eigenvalue weighted by atomic mass is 16.5. The number of ether oxygens (including phenoxy) is 1. The van der Waals surface area contributed by atoms with Crippen LogP contribution < -0.4 is 5.32 Å². The number of rotatable bonds is 7. The lowest BCUT2D eigenvalue weighted by molar-refractivity contribution is -0.137. The standard InChI is InChI=1S/C12H17N3O4/c1-19-7-6-15(9-11(16)17)12(18)14-8-10-2-4-13-5-3-10/h2-5H,6-9H2,1H3,(H,14,18)(H,16,17). The number of carboxylic acids is 1. The van der Waals surface area contributed by atoms with Crippen molar-refractivity contribution in [3.63, 3.8) is 0 Å². The second kappa shape index (κ2) is 8.04. The van der Waals surface area contributed by atoms with Crippen molar-refractivity contribution in [2.45, 2.75) is 6.54 Å². The van der Waals surface area contributed by atoms with E-state index >= 15 is 0 Å². The van der Waals surface area contributed by atoms with E-state index in [1.165, 1.54) is 12.0 Å². The molecule has 0 radical (unpaired) electrons. The van der Waals surface area contributed by atoms with Crippen LogP contribution in [0.3, 0.4) is 0 Å². The minimum atomic E-state index is -1.06. The van der Waals surface area contributed by atoms with Gasteiger partial charge in [0.15, 0.2) is 0 Å². The van der Waals surface area contributed by atoms with Gasteiger partial charge in [0.1, 0.15) is 6.54 Å². The number of carbonyl (C=O) groups is 2. The first-order valence-corrected chi connectivity index (χ1v) is 5.76. The maximum absolute atomic E-state index is 11.8. The average molecular weight is 267 g/mol. The topological polar surface area (TPSA) is 91.8 Å². The highest BCUT2D eigenvalue weighted by Gasteiger charge is 2.15. The summed E-state index contributed by atoms with van der Waals surface area (Å²) < 4.78 is 4.84. The molecule has 0 aromatic carbocycles. The Morgan fingerprint density at radius 3 is 2.68 bits per heavy atom. The summed E-state index contributed by atoms with van der Waals surface area (Å²) in [6, 6.07) is 3.12. The number of amides is 2. The number of hydrogen-bond acceptors (Lipinski definition) is 4. The Bertz CT molecular complexity index is 411. The van der Waals surface area contributed by atoms with E-state index in [4.69, 9.17) is 9.84 Å². The molecule has 0 saturated heterocycles. The summed E-state index contributed by atoms with van der Waals surface area (Å²) in [7, 11) is 1.49. The molecule has 0 aliphatic carbocycles. The Kier molecular flexibility index (Phi) is 6.31. The van der Waals surface area contributed by atoms with Crippen molar-refractivity contribution in [2.75, 3.05) is 26.8 Å². The summed E-state index contributed by atoms with van der Waals surface area (Å²) in [6.07, 6.45) is 3.25. The van der Waals surface area contributed by atoms with E-state index in [-0.39, 0.29) is 19.7 Å². The fraction of sp³-hybridized carbons (Fsp3) is 0.417. The molecule has 0 atom stereocenters. The molecule has 1 aromatic rings. The minimum absolute atomic E-state index is 0.227. The lowest BCUT2D eigenvalue weighted by Gasteiger charge is -2.20. The van der Waals surface area contributed by atoms with Crippen molar-refractivity contribution in [1.82, 2.24) is 15.2 Å². The largest absolute Gasteiger partial charge is 0.480 e. The molecule has 1 aromatic heterocycles. The molecule has 0 bridgehead atoms. The fourth-order valence-electron chi connectivity index (χ4n) is 1.41. The number of carbonyl (C=O) groups excluding carboxylic acids is 1. The number of hydrogen-bond donors (Lipinski definition) is 2. The van der Waals surface area contributed by atoms with Crippen molar-refractivity contribution in [3.8, 4) is 0 Å². The van der Waals surface area contributed by atoms with Gasteiger partial charge in [0.05, 0.1) is 6.61 Å². The van der Waals surface area contributed by atoms with E-state index in [2.05, 4.69) is 10.3 Å². The first-order valence-electron chi connectivity index (χ1n) is 5.76. The summed E-state index contributed by atoms with van der Waals surface area (Å²) in [5.41, 5.74) is 0.894. The van der Waals surface area contributed by atoms with Gasteiger partial charge in [-0.05, 0) is 17.7 Å². The molecule has 19 heavy (non-hydrogen) atoms. The highest BCUT2D eigenvalue weighted by Crippen LogP contribution is 1.97. The number of urea groups is 1. The number of nitrogens with zero attached hydrogens (tertiary/aromatic N) is 2.